The first-order valence-corrected chi connectivity index (χ1v) is 6.58. The van der Waals surface area contributed by atoms with E-state index in [0.717, 1.165) is 22.6 Å². The molecule has 2 rings (SSSR count). The van der Waals surface area contributed by atoms with Crippen LogP contribution in [0.15, 0.2) is 36.5 Å². The van der Waals surface area contributed by atoms with Crippen LogP contribution in [0.4, 0.5) is 10.5 Å². The lowest BCUT2D eigenvalue weighted by Gasteiger charge is -2.10. The molecule has 0 radical (unpaired) electrons. The predicted octanol–water partition coefficient (Wildman–Crippen LogP) is 3.46. The molecule has 0 saturated heterocycles. The number of aryl methyl sites for hydroxylation is 2. The van der Waals surface area contributed by atoms with E-state index in [9.17, 15) is 4.79 Å². The number of ether oxygens (including phenoxy) is 2. The van der Waals surface area contributed by atoms with Gasteiger partial charge in [-0.2, -0.15) is 0 Å². The summed E-state index contributed by atoms with van der Waals surface area (Å²) in [5.74, 6) is 0.728. The van der Waals surface area contributed by atoms with Gasteiger partial charge in [-0.3, -0.25) is 10.3 Å². The summed E-state index contributed by atoms with van der Waals surface area (Å²) in [6.45, 7) is 4.32. The van der Waals surface area contributed by atoms with Gasteiger partial charge in [0.2, 0.25) is 0 Å². The molecule has 1 aromatic carbocycles. The molecule has 0 aliphatic carbocycles. The number of methoxy groups -OCH3 is 1. The maximum atomic E-state index is 11.2. The van der Waals surface area contributed by atoms with Gasteiger partial charge >= 0.3 is 6.09 Å². The highest BCUT2D eigenvalue weighted by atomic mass is 16.5. The van der Waals surface area contributed by atoms with Gasteiger partial charge in [0.05, 0.1) is 12.8 Å². The number of anilines is 1. The second-order valence-electron chi connectivity index (χ2n) is 4.71. The second-order valence-corrected chi connectivity index (χ2v) is 4.71. The van der Waals surface area contributed by atoms with Crippen molar-refractivity contribution in [2.45, 2.75) is 20.5 Å². The van der Waals surface area contributed by atoms with E-state index >= 15 is 0 Å². The number of benzene rings is 1. The van der Waals surface area contributed by atoms with Crippen LogP contribution in [-0.4, -0.2) is 18.2 Å². The van der Waals surface area contributed by atoms with Gasteiger partial charge < -0.3 is 9.47 Å². The molecule has 0 aliphatic rings. The van der Waals surface area contributed by atoms with Crippen LogP contribution < -0.4 is 10.1 Å². The largest absolute Gasteiger partial charge is 0.487 e. The molecule has 0 aliphatic heterocycles. The lowest BCUT2D eigenvalue weighted by atomic mass is 10.2. The zero-order valence-electron chi connectivity index (χ0n) is 12.3. The van der Waals surface area contributed by atoms with Crippen molar-refractivity contribution in [3.8, 4) is 5.75 Å². The minimum absolute atomic E-state index is 0.408. The maximum Gasteiger partial charge on any atom is 0.411 e. The van der Waals surface area contributed by atoms with Crippen LogP contribution in [-0.2, 0) is 11.3 Å². The summed E-state index contributed by atoms with van der Waals surface area (Å²) in [6.07, 6.45) is 1.28. The van der Waals surface area contributed by atoms with Gasteiger partial charge in [-0.1, -0.05) is 0 Å². The predicted molar refractivity (Wildman–Crippen MR) is 80.5 cm³/mol. The Kier molecular flexibility index (Phi) is 4.77. The molecule has 1 heterocycles. The molecule has 0 saturated carbocycles. The first-order chi connectivity index (χ1) is 10.1. The third kappa shape index (κ3) is 4.21. The molecule has 2 aromatic rings. The van der Waals surface area contributed by atoms with E-state index in [2.05, 4.69) is 15.0 Å². The smallest absolute Gasteiger partial charge is 0.411 e. The van der Waals surface area contributed by atoms with E-state index in [1.807, 2.05) is 32.0 Å². The lowest BCUT2D eigenvalue weighted by molar-refractivity contribution is 0.187. The highest BCUT2D eigenvalue weighted by Crippen LogP contribution is 2.22. The topological polar surface area (TPSA) is 60.5 Å². The van der Waals surface area contributed by atoms with Crippen molar-refractivity contribution in [1.82, 2.24) is 4.98 Å². The fraction of sp³-hybridized carbons (Fsp3) is 0.250. The Morgan fingerprint density at radius 2 is 2.05 bits per heavy atom. The van der Waals surface area contributed by atoms with Crippen LogP contribution in [0.25, 0.3) is 0 Å². The summed E-state index contributed by atoms with van der Waals surface area (Å²) in [7, 11) is 1.33. The lowest BCUT2D eigenvalue weighted by Crippen LogP contribution is -2.11. The van der Waals surface area contributed by atoms with E-state index in [1.165, 1.54) is 7.11 Å². The molecule has 21 heavy (non-hydrogen) atoms. The average Bonchev–Trinajstić information content (AvgIpc) is 2.47. The number of nitrogens with zero attached hydrogens (tertiary/aromatic N) is 1. The highest BCUT2D eigenvalue weighted by molar-refractivity contribution is 5.85. The van der Waals surface area contributed by atoms with Crippen molar-refractivity contribution >= 4 is 11.8 Å². The number of nitrogens with one attached hydrogen (secondary N) is 1. The molecule has 5 nitrogen and oxygen atoms in total. The summed E-state index contributed by atoms with van der Waals surface area (Å²) >= 11 is 0. The number of hydrogen-bond donors (Lipinski definition) is 1. The fourth-order valence-electron chi connectivity index (χ4n) is 1.86. The van der Waals surface area contributed by atoms with Crippen molar-refractivity contribution in [2.24, 2.45) is 0 Å². The normalized spacial score (nSPS) is 10.0. The molecule has 0 bridgehead atoms. The average molecular weight is 286 g/mol. The molecule has 1 amide bonds. The number of carbonyl (C=O) groups is 1. The number of carbonyl (C=O) groups excluding carboxylic acids is 1. The van der Waals surface area contributed by atoms with E-state index in [0.29, 0.717) is 12.3 Å². The van der Waals surface area contributed by atoms with Gasteiger partial charge in [0.25, 0.3) is 0 Å². The number of hydrogen-bond acceptors (Lipinski definition) is 4. The molecule has 0 spiro atoms. The maximum absolute atomic E-state index is 11.2. The highest BCUT2D eigenvalue weighted by Gasteiger charge is 2.05. The van der Waals surface area contributed by atoms with Crippen molar-refractivity contribution in [3.63, 3.8) is 0 Å². The van der Waals surface area contributed by atoms with Crippen LogP contribution in [0.2, 0.25) is 0 Å². The monoisotopic (exact) mass is 286 g/mol. The molecule has 0 unspecified atom stereocenters. The number of aromatic nitrogens is 1. The summed E-state index contributed by atoms with van der Waals surface area (Å²) in [5, 5.41) is 2.64. The third-order valence-corrected chi connectivity index (χ3v) is 2.98. The standard InChI is InChI=1S/C16H18N2O3/c1-11-6-7-17-13(8-11)10-21-14-4-5-15(12(2)9-14)18-16(19)20-3/h4-9H,10H2,1-3H3,(H,18,19). The van der Waals surface area contributed by atoms with Gasteiger partial charge in [0.15, 0.2) is 0 Å². The quantitative estimate of drug-likeness (QED) is 0.935. The molecule has 0 fully saturated rings. The minimum Gasteiger partial charge on any atom is -0.487 e. The van der Waals surface area contributed by atoms with Crippen molar-refractivity contribution in [2.75, 3.05) is 12.4 Å². The molecule has 1 aromatic heterocycles. The van der Waals surface area contributed by atoms with Gasteiger partial charge in [0, 0.05) is 11.9 Å². The number of amides is 1. The molecular formula is C16H18N2O3. The molecular weight excluding hydrogens is 268 g/mol. The first-order valence-electron chi connectivity index (χ1n) is 6.58. The van der Waals surface area contributed by atoms with Gasteiger partial charge in [-0.15, -0.1) is 0 Å². The molecule has 1 N–H and O–H groups in total. The Morgan fingerprint density at radius 3 is 2.71 bits per heavy atom. The summed E-state index contributed by atoms with van der Waals surface area (Å²) in [5.41, 5.74) is 3.62. The minimum atomic E-state index is -0.490. The van der Waals surface area contributed by atoms with E-state index < -0.39 is 6.09 Å². The van der Waals surface area contributed by atoms with Gasteiger partial charge in [0.1, 0.15) is 12.4 Å². The van der Waals surface area contributed by atoms with E-state index in [-0.39, 0.29) is 0 Å². The van der Waals surface area contributed by atoms with Gasteiger partial charge in [-0.05, 0) is 55.3 Å². The van der Waals surface area contributed by atoms with Crippen molar-refractivity contribution < 1.29 is 14.3 Å². The van der Waals surface area contributed by atoms with Crippen LogP contribution in [0.5, 0.6) is 5.75 Å². The van der Waals surface area contributed by atoms with E-state index in [1.54, 1.807) is 18.3 Å². The van der Waals surface area contributed by atoms with Crippen LogP contribution in [0.3, 0.4) is 0 Å². The van der Waals surface area contributed by atoms with Crippen LogP contribution in [0, 0.1) is 13.8 Å². The molecule has 0 atom stereocenters. The number of rotatable bonds is 4. The SMILES string of the molecule is COC(=O)Nc1ccc(OCc2cc(C)ccn2)cc1C. The zero-order chi connectivity index (χ0) is 15.2. The Hall–Kier alpha value is -2.56. The number of pyridine rings is 1. The Morgan fingerprint density at radius 1 is 1.24 bits per heavy atom. The van der Waals surface area contributed by atoms with Crippen molar-refractivity contribution in [1.29, 1.82) is 0 Å². The fourth-order valence-corrected chi connectivity index (χ4v) is 1.86. The Labute approximate surface area is 123 Å². The summed E-state index contributed by atoms with van der Waals surface area (Å²) < 4.78 is 10.3. The third-order valence-electron chi connectivity index (χ3n) is 2.98. The Balaban J connectivity index is 2.01. The zero-order valence-corrected chi connectivity index (χ0v) is 12.3. The molecule has 110 valence electrons. The summed E-state index contributed by atoms with van der Waals surface area (Å²) in [4.78, 5) is 15.4. The Bertz CT molecular complexity index is 641. The van der Waals surface area contributed by atoms with E-state index in [4.69, 9.17) is 4.74 Å². The first kappa shape index (κ1) is 14.8. The van der Waals surface area contributed by atoms with Crippen LogP contribution >= 0.6 is 0 Å². The van der Waals surface area contributed by atoms with Crippen molar-refractivity contribution in [3.05, 3.63) is 53.3 Å². The molecule has 5 heteroatoms. The summed E-state index contributed by atoms with van der Waals surface area (Å²) in [6, 6.07) is 9.38. The second kappa shape index (κ2) is 6.74. The van der Waals surface area contributed by atoms with Gasteiger partial charge in [-0.25, -0.2) is 4.79 Å². The van der Waals surface area contributed by atoms with Crippen LogP contribution in [0.1, 0.15) is 16.8 Å².